The van der Waals surface area contributed by atoms with Crippen molar-refractivity contribution in [1.82, 2.24) is 15.3 Å². The van der Waals surface area contributed by atoms with Crippen LogP contribution in [0.25, 0.3) is 21.7 Å². The number of alkyl halides is 3. The summed E-state index contributed by atoms with van der Waals surface area (Å²) in [6, 6.07) is 17.6. The summed E-state index contributed by atoms with van der Waals surface area (Å²) in [5.41, 5.74) is 0.370. The molecule has 1 saturated carbocycles. The van der Waals surface area contributed by atoms with Crippen molar-refractivity contribution in [2.24, 2.45) is 0 Å². The molecule has 5 rings (SSSR count). The number of para-hydroxylation sites is 1. The van der Waals surface area contributed by atoms with Crippen molar-refractivity contribution in [1.29, 1.82) is 0 Å². The monoisotopic (exact) mass is 478 g/mol. The summed E-state index contributed by atoms with van der Waals surface area (Å²) >= 11 is 0. The van der Waals surface area contributed by atoms with E-state index in [0.29, 0.717) is 22.3 Å². The van der Waals surface area contributed by atoms with E-state index in [-0.39, 0.29) is 18.0 Å². The van der Waals surface area contributed by atoms with E-state index < -0.39 is 11.9 Å². The number of carbonyl (C=O) groups excluding carboxylic acids is 1. The summed E-state index contributed by atoms with van der Waals surface area (Å²) in [5.74, 6) is -0.200. The molecular weight excluding hydrogens is 453 g/mol. The van der Waals surface area contributed by atoms with Gasteiger partial charge in [0, 0.05) is 41.8 Å². The van der Waals surface area contributed by atoms with Crippen LogP contribution < -0.4 is 10.2 Å². The molecule has 0 aliphatic heterocycles. The van der Waals surface area contributed by atoms with Gasteiger partial charge >= 0.3 is 6.18 Å². The van der Waals surface area contributed by atoms with E-state index in [9.17, 15) is 18.0 Å². The quantitative estimate of drug-likeness (QED) is 0.392. The number of hydrogen-bond acceptors (Lipinski definition) is 4. The van der Waals surface area contributed by atoms with Gasteiger partial charge in [0.05, 0.1) is 5.52 Å². The molecule has 2 aromatic carbocycles. The number of rotatable bonds is 4. The first kappa shape index (κ1) is 23.1. The van der Waals surface area contributed by atoms with Crippen molar-refractivity contribution in [2.45, 2.75) is 43.9 Å². The number of nitrogens with zero attached hydrogens (tertiary/aromatic N) is 3. The summed E-state index contributed by atoms with van der Waals surface area (Å²) in [6.45, 7) is 0. The molecule has 180 valence electrons. The van der Waals surface area contributed by atoms with E-state index in [1.165, 1.54) is 0 Å². The van der Waals surface area contributed by atoms with Crippen molar-refractivity contribution in [3.8, 4) is 0 Å². The molecule has 1 aliphatic rings. The van der Waals surface area contributed by atoms with Crippen molar-refractivity contribution in [3.05, 3.63) is 78.2 Å². The molecule has 0 radical (unpaired) electrons. The predicted octanol–water partition coefficient (Wildman–Crippen LogP) is 5.98. The van der Waals surface area contributed by atoms with Crippen LogP contribution in [0, 0.1) is 0 Å². The Balaban J connectivity index is 1.30. The third-order valence-electron chi connectivity index (χ3n) is 6.83. The molecule has 0 spiro atoms. The molecule has 2 aromatic heterocycles. The van der Waals surface area contributed by atoms with Gasteiger partial charge in [0.25, 0.3) is 5.91 Å². The molecule has 5 nitrogen and oxygen atoms in total. The van der Waals surface area contributed by atoms with Gasteiger partial charge in [-0.3, -0.25) is 9.78 Å². The number of pyridine rings is 2. The zero-order chi connectivity index (χ0) is 24.6. The van der Waals surface area contributed by atoms with Crippen LogP contribution in [0.5, 0.6) is 0 Å². The van der Waals surface area contributed by atoms with E-state index in [0.717, 1.165) is 42.5 Å². The van der Waals surface area contributed by atoms with Gasteiger partial charge in [-0.15, -0.1) is 0 Å². The Morgan fingerprint density at radius 3 is 2.40 bits per heavy atom. The first-order chi connectivity index (χ1) is 16.8. The molecule has 1 aliphatic carbocycles. The van der Waals surface area contributed by atoms with Gasteiger partial charge in [0.2, 0.25) is 0 Å². The molecule has 35 heavy (non-hydrogen) atoms. The molecule has 0 saturated heterocycles. The summed E-state index contributed by atoms with van der Waals surface area (Å²) in [6.07, 6.45) is 0.0979. The van der Waals surface area contributed by atoms with Crippen LogP contribution in [0.15, 0.2) is 66.9 Å². The van der Waals surface area contributed by atoms with E-state index in [1.54, 1.807) is 24.4 Å². The molecule has 1 fully saturated rings. The van der Waals surface area contributed by atoms with Gasteiger partial charge in [-0.25, -0.2) is 4.98 Å². The Morgan fingerprint density at radius 2 is 1.66 bits per heavy atom. The van der Waals surface area contributed by atoms with Crippen LogP contribution in [0.3, 0.4) is 0 Å². The Bertz CT molecular complexity index is 1370. The number of hydrogen-bond donors (Lipinski definition) is 1. The van der Waals surface area contributed by atoms with Crippen LogP contribution in [-0.4, -0.2) is 35.0 Å². The van der Waals surface area contributed by atoms with E-state index >= 15 is 0 Å². The maximum atomic E-state index is 13.5. The molecule has 1 N–H and O–H groups in total. The maximum absolute atomic E-state index is 13.5. The van der Waals surface area contributed by atoms with Crippen molar-refractivity contribution < 1.29 is 18.0 Å². The SMILES string of the molecule is CN(c1cc(C(F)(F)F)nc2ccccc12)[C@H]1CC[C@@H](NC(=O)c2nccc3ccccc23)CC1. The normalized spacial score (nSPS) is 18.5. The highest BCUT2D eigenvalue weighted by atomic mass is 19.4. The van der Waals surface area contributed by atoms with E-state index in [1.807, 2.05) is 48.3 Å². The molecule has 0 atom stereocenters. The Hall–Kier alpha value is -3.68. The van der Waals surface area contributed by atoms with Gasteiger partial charge in [0.15, 0.2) is 0 Å². The fraction of sp³-hybridized carbons (Fsp3) is 0.296. The van der Waals surface area contributed by atoms with Gasteiger partial charge in [-0.05, 0) is 49.3 Å². The van der Waals surface area contributed by atoms with Gasteiger partial charge < -0.3 is 10.2 Å². The highest BCUT2D eigenvalue weighted by Gasteiger charge is 2.34. The second-order valence-electron chi connectivity index (χ2n) is 9.01. The van der Waals surface area contributed by atoms with Crippen molar-refractivity contribution >= 4 is 33.3 Å². The van der Waals surface area contributed by atoms with Crippen LogP contribution >= 0.6 is 0 Å². The molecule has 4 aromatic rings. The Labute approximate surface area is 201 Å². The molecule has 1 amide bonds. The first-order valence-corrected chi connectivity index (χ1v) is 11.7. The minimum atomic E-state index is -4.52. The smallest absolute Gasteiger partial charge is 0.371 e. The largest absolute Gasteiger partial charge is 0.433 e. The number of anilines is 1. The minimum Gasteiger partial charge on any atom is -0.371 e. The van der Waals surface area contributed by atoms with Crippen LogP contribution in [0.4, 0.5) is 18.9 Å². The Kier molecular flexibility index (Phi) is 6.05. The zero-order valence-electron chi connectivity index (χ0n) is 19.2. The summed E-state index contributed by atoms with van der Waals surface area (Å²) in [7, 11) is 1.84. The zero-order valence-corrected chi connectivity index (χ0v) is 19.2. The number of benzene rings is 2. The number of carbonyl (C=O) groups is 1. The number of halogens is 3. The number of fused-ring (bicyclic) bond motifs is 2. The van der Waals surface area contributed by atoms with Gasteiger partial charge in [0.1, 0.15) is 11.4 Å². The summed E-state index contributed by atoms with van der Waals surface area (Å²) in [5, 5.41) is 5.57. The van der Waals surface area contributed by atoms with Gasteiger partial charge in [-0.2, -0.15) is 13.2 Å². The van der Waals surface area contributed by atoms with E-state index in [4.69, 9.17) is 0 Å². The van der Waals surface area contributed by atoms with E-state index in [2.05, 4.69) is 15.3 Å². The summed E-state index contributed by atoms with van der Waals surface area (Å²) < 4.78 is 40.5. The standard InChI is InChI=1S/C27H25F3N4O/c1-34(23-16-24(27(28,29)30)33-22-9-5-4-8-21(22)23)19-12-10-18(11-13-19)32-26(35)25-20-7-3-2-6-17(20)14-15-31-25/h2-9,14-16,18-19H,10-13H2,1H3,(H,32,35)/t18-,19+. The predicted molar refractivity (Wildman–Crippen MR) is 130 cm³/mol. The molecule has 8 heteroatoms. The second-order valence-corrected chi connectivity index (χ2v) is 9.01. The Morgan fingerprint density at radius 1 is 0.971 bits per heavy atom. The van der Waals surface area contributed by atoms with Crippen molar-refractivity contribution in [3.63, 3.8) is 0 Å². The van der Waals surface area contributed by atoms with Crippen LogP contribution in [0.1, 0.15) is 41.9 Å². The lowest BCUT2D eigenvalue weighted by Crippen LogP contribution is -2.43. The average molecular weight is 479 g/mol. The molecule has 0 unspecified atom stereocenters. The number of nitrogens with one attached hydrogen (secondary N) is 1. The molecule has 0 bridgehead atoms. The lowest BCUT2D eigenvalue weighted by molar-refractivity contribution is -0.140. The highest BCUT2D eigenvalue weighted by Crippen LogP contribution is 2.36. The topological polar surface area (TPSA) is 58.1 Å². The summed E-state index contributed by atoms with van der Waals surface area (Å²) in [4.78, 5) is 23.0. The lowest BCUT2D eigenvalue weighted by atomic mass is 9.89. The number of amides is 1. The molecule has 2 heterocycles. The average Bonchev–Trinajstić information content (AvgIpc) is 2.87. The third-order valence-corrected chi connectivity index (χ3v) is 6.83. The molecular formula is C27H25F3N4O. The van der Waals surface area contributed by atoms with Crippen molar-refractivity contribution in [2.75, 3.05) is 11.9 Å². The number of aromatic nitrogens is 2. The first-order valence-electron chi connectivity index (χ1n) is 11.7. The third kappa shape index (κ3) is 4.65. The highest BCUT2D eigenvalue weighted by molar-refractivity contribution is 6.05. The second kappa shape index (κ2) is 9.17. The minimum absolute atomic E-state index is 0.00663. The lowest BCUT2D eigenvalue weighted by Gasteiger charge is -2.37. The fourth-order valence-electron chi connectivity index (χ4n) is 4.95. The van der Waals surface area contributed by atoms with Gasteiger partial charge in [-0.1, -0.05) is 42.5 Å². The van der Waals surface area contributed by atoms with Crippen LogP contribution in [0.2, 0.25) is 0 Å². The van der Waals surface area contributed by atoms with Crippen LogP contribution in [-0.2, 0) is 6.18 Å². The maximum Gasteiger partial charge on any atom is 0.433 e. The fourth-order valence-corrected chi connectivity index (χ4v) is 4.95.